The Bertz CT molecular complexity index is 260. The summed E-state index contributed by atoms with van der Waals surface area (Å²) in [7, 11) is 0. The van der Waals surface area contributed by atoms with E-state index in [4.69, 9.17) is 10.8 Å². The fourth-order valence-corrected chi connectivity index (χ4v) is 2.19. The summed E-state index contributed by atoms with van der Waals surface area (Å²) in [6.45, 7) is 1.91. The molecule has 1 aliphatic rings. The van der Waals surface area contributed by atoms with Gasteiger partial charge in [-0.1, -0.05) is 6.92 Å². The Morgan fingerprint density at radius 3 is 2.31 bits per heavy atom. The molecule has 0 saturated heterocycles. The van der Waals surface area contributed by atoms with Crippen LogP contribution in [0.2, 0.25) is 0 Å². The highest BCUT2D eigenvalue weighted by Gasteiger charge is 2.27. The second-order valence-electron chi connectivity index (χ2n) is 4.42. The van der Waals surface area contributed by atoms with Gasteiger partial charge in [-0.2, -0.15) is 0 Å². The van der Waals surface area contributed by atoms with Gasteiger partial charge in [-0.05, 0) is 32.1 Å². The molecule has 4 N–H and O–H groups in total. The van der Waals surface area contributed by atoms with Crippen LogP contribution in [0, 0.1) is 5.92 Å². The lowest BCUT2D eigenvalue weighted by Gasteiger charge is -2.29. The second-order valence-corrected chi connectivity index (χ2v) is 4.42. The number of hydrogen-bond donors (Lipinski definition) is 3. The minimum Gasteiger partial charge on any atom is -0.481 e. The van der Waals surface area contributed by atoms with E-state index in [-0.39, 0.29) is 23.9 Å². The first-order chi connectivity index (χ1) is 7.54. The van der Waals surface area contributed by atoms with Crippen molar-refractivity contribution in [3.8, 4) is 0 Å². The quantitative estimate of drug-likeness (QED) is 0.638. The fourth-order valence-electron chi connectivity index (χ4n) is 2.19. The highest BCUT2D eigenvalue weighted by molar-refractivity contribution is 5.79. The van der Waals surface area contributed by atoms with Gasteiger partial charge in [0, 0.05) is 6.04 Å². The molecule has 0 heterocycles. The summed E-state index contributed by atoms with van der Waals surface area (Å²) >= 11 is 0. The third-order valence-electron chi connectivity index (χ3n) is 3.26. The van der Waals surface area contributed by atoms with Gasteiger partial charge in [-0.3, -0.25) is 9.59 Å². The number of primary amides is 1. The number of hydrogen-bond acceptors (Lipinski definition) is 3. The van der Waals surface area contributed by atoms with Crippen molar-refractivity contribution in [1.82, 2.24) is 5.32 Å². The van der Waals surface area contributed by atoms with E-state index in [2.05, 4.69) is 5.32 Å². The molecule has 0 spiro atoms. The molecule has 0 bridgehead atoms. The average Bonchev–Trinajstić information content (AvgIpc) is 2.26. The third-order valence-corrected chi connectivity index (χ3v) is 3.26. The predicted octanol–water partition coefficient (Wildman–Crippen LogP) is 0.483. The first-order valence-corrected chi connectivity index (χ1v) is 5.82. The van der Waals surface area contributed by atoms with E-state index in [1.54, 1.807) is 0 Å². The van der Waals surface area contributed by atoms with Crippen LogP contribution in [-0.4, -0.2) is 29.1 Å². The SMILES string of the molecule is CCC(NC1CCC(C(=O)O)CC1)C(N)=O. The Hall–Kier alpha value is -1.10. The van der Waals surface area contributed by atoms with Crippen molar-refractivity contribution in [2.75, 3.05) is 0 Å². The van der Waals surface area contributed by atoms with Crippen LogP contribution in [-0.2, 0) is 9.59 Å². The van der Waals surface area contributed by atoms with E-state index >= 15 is 0 Å². The number of nitrogens with one attached hydrogen (secondary N) is 1. The van der Waals surface area contributed by atoms with Crippen LogP contribution in [0.15, 0.2) is 0 Å². The summed E-state index contributed by atoms with van der Waals surface area (Å²) in [6, 6.07) is -0.0561. The number of amides is 1. The molecule has 5 nitrogen and oxygen atoms in total. The van der Waals surface area contributed by atoms with Gasteiger partial charge in [0.2, 0.25) is 5.91 Å². The number of carbonyl (C=O) groups excluding carboxylic acids is 1. The molecular weight excluding hydrogens is 208 g/mol. The lowest BCUT2D eigenvalue weighted by atomic mass is 9.86. The molecule has 1 amide bonds. The van der Waals surface area contributed by atoms with Crippen LogP contribution >= 0.6 is 0 Å². The molecule has 0 aromatic carbocycles. The normalized spacial score (nSPS) is 27.3. The van der Waals surface area contributed by atoms with Gasteiger partial charge < -0.3 is 16.2 Å². The molecule has 1 saturated carbocycles. The molecule has 1 fully saturated rings. The molecule has 1 unspecified atom stereocenters. The molecule has 16 heavy (non-hydrogen) atoms. The van der Waals surface area contributed by atoms with Crippen molar-refractivity contribution < 1.29 is 14.7 Å². The van der Waals surface area contributed by atoms with Crippen LogP contribution < -0.4 is 11.1 Å². The zero-order valence-electron chi connectivity index (χ0n) is 9.61. The number of rotatable bonds is 5. The summed E-state index contributed by atoms with van der Waals surface area (Å²) in [5.74, 6) is -1.25. The van der Waals surface area contributed by atoms with E-state index in [0.717, 1.165) is 12.8 Å². The summed E-state index contributed by atoms with van der Waals surface area (Å²) in [6.07, 6.45) is 3.65. The molecule has 1 aliphatic carbocycles. The molecule has 92 valence electrons. The van der Waals surface area contributed by atoms with Crippen molar-refractivity contribution in [1.29, 1.82) is 0 Å². The van der Waals surface area contributed by atoms with E-state index < -0.39 is 5.97 Å². The zero-order chi connectivity index (χ0) is 12.1. The summed E-state index contributed by atoms with van der Waals surface area (Å²) in [4.78, 5) is 21.8. The Morgan fingerprint density at radius 1 is 1.38 bits per heavy atom. The molecule has 0 aromatic heterocycles. The monoisotopic (exact) mass is 228 g/mol. The number of carboxylic acids is 1. The van der Waals surface area contributed by atoms with Gasteiger partial charge in [-0.25, -0.2) is 0 Å². The van der Waals surface area contributed by atoms with Crippen LogP contribution in [0.3, 0.4) is 0 Å². The van der Waals surface area contributed by atoms with Gasteiger partial charge in [0.15, 0.2) is 0 Å². The van der Waals surface area contributed by atoms with E-state index in [0.29, 0.717) is 19.3 Å². The van der Waals surface area contributed by atoms with E-state index in [9.17, 15) is 9.59 Å². The third kappa shape index (κ3) is 3.48. The molecule has 0 aliphatic heterocycles. The number of aliphatic carboxylic acids is 1. The molecule has 5 heteroatoms. The lowest BCUT2D eigenvalue weighted by molar-refractivity contribution is -0.143. The molecular formula is C11H20N2O3. The summed E-state index contributed by atoms with van der Waals surface area (Å²) < 4.78 is 0. The van der Waals surface area contributed by atoms with Crippen molar-refractivity contribution in [3.05, 3.63) is 0 Å². The highest BCUT2D eigenvalue weighted by Crippen LogP contribution is 2.24. The molecule has 0 aromatic rings. The topological polar surface area (TPSA) is 92.4 Å². The average molecular weight is 228 g/mol. The minimum atomic E-state index is -0.708. The van der Waals surface area contributed by atoms with Crippen molar-refractivity contribution in [2.24, 2.45) is 11.7 Å². The largest absolute Gasteiger partial charge is 0.481 e. The Kier molecular flexibility index (Phi) is 4.73. The van der Waals surface area contributed by atoms with E-state index in [1.807, 2.05) is 6.92 Å². The summed E-state index contributed by atoms with van der Waals surface area (Å²) in [5, 5.41) is 12.0. The van der Waals surface area contributed by atoms with Crippen molar-refractivity contribution in [3.63, 3.8) is 0 Å². The predicted molar refractivity (Wildman–Crippen MR) is 59.8 cm³/mol. The van der Waals surface area contributed by atoms with Gasteiger partial charge in [0.1, 0.15) is 0 Å². The highest BCUT2D eigenvalue weighted by atomic mass is 16.4. The number of carboxylic acid groups (broad SMARTS) is 1. The molecule has 1 atom stereocenters. The standard InChI is InChI=1S/C11H20N2O3/c1-2-9(10(12)14)13-8-5-3-7(4-6-8)11(15)16/h7-9,13H,2-6H2,1H3,(H2,12,14)(H,15,16). The number of carbonyl (C=O) groups is 2. The van der Waals surface area contributed by atoms with Crippen LogP contribution in [0.25, 0.3) is 0 Å². The van der Waals surface area contributed by atoms with Gasteiger partial charge in [0.05, 0.1) is 12.0 Å². The maximum absolute atomic E-state index is 11.0. The van der Waals surface area contributed by atoms with Crippen molar-refractivity contribution >= 4 is 11.9 Å². The summed E-state index contributed by atoms with van der Waals surface area (Å²) in [5.41, 5.74) is 5.24. The van der Waals surface area contributed by atoms with Gasteiger partial charge in [-0.15, -0.1) is 0 Å². The lowest BCUT2D eigenvalue weighted by Crippen LogP contribution is -2.47. The first-order valence-electron chi connectivity index (χ1n) is 5.82. The Morgan fingerprint density at radius 2 is 1.94 bits per heavy atom. The fraction of sp³-hybridized carbons (Fsp3) is 0.818. The van der Waals surface area contributed by atoms with Gasteiger partial charge >= 0.3 is 5.97 Å². The first kappa shape index (κ1) is 13.0. The van der Waals surface area contributed by atoms with Gasteiger partial charge in [0.25, 0.3) is 0 Å². The Labute approximate surface area is 95.4 Å². The zero-order valence-corrected chi connectivity index (χ0v) is 9.61. The smallest absolute Gasteiger partial charge is 0.306 e. The molecule has 0 radical (unpaired) electrons. The van der Waals surface area contributed by atoms with Crippen molar-refractivity contribution in [2.45, 2.75) is 51.1 Å². The van der Waals surface area contributed by atoms with Crippen LogP contribution in [0.1, 0.15) is 39.0 Å². The maximum atomic E-state index is 11.0. The van der Waals surface area contributed by atoms with Crippen LogP contribution in [0.5, 0.6) is 0 Å². The maximum Gasteiger partial charge on any atom is 0.306 e. The minimum absolute atomic E-state index is 0.216. The number of nitrogens with two attached hydrogens (primary N) is 1. The molecule has 1 rings (SSSR count). The van der Waals surface area contributed by atoms with E-state index in [1.165, 1.54) is 0 Å². The van der Waals surface area contributed by atoms with Crippen LogP contribution in [0.4, 0.5) is 0 Å². The second kappa shape index (κ2) is 5.84. The Balaban J connectivity index is 2.36.